The Kier molecular flexibility index (Phi) is 7.74. The molecule has 196 valence electrons. The predicted molar refractivity (Wildman–Crippen MR) is 150 cm³/mol. The second kappa shape index (κ2) is 10.7. The van der Waals surface area contributed by atoms with Gasteiger partial charge >= 0.3 is 0 Å². The van der Waals surface area contributed by atoms with E-state index in [0.29, 0.717) is 21.5 Å². The van der Waals surface area contributed by atoms with Crippen LogP contribution in [0.2, 0.25) is 5.02 Å². The standard InChI is InChI=1S/C27H20ClFN2O5S.H3P/c1-16-11-17(3-6-21(16)28)20-13-25(35-2)24(14-22(20)29)31-23-7-5-19(12-18(23)4-8-27(31)32)37(33,34)15-26-30-9-10-36-26;/h3-14H,15H2,1-2H3;1H3. The van der Waals surface area contributed by atoms with Crippen molar-refractivity contribution in [3.63, 3.8) is 0 Å². The molecule has 1 atom stereocenters. The minimum atomic E-state index is -3.76. The number of aromatic nitrogens is 2. The summed E-state index contributed by atoms with van der Waals surface area (Å²) < 4.78 is 53.1. The molecular weight excluding hydrogens is 550 g/mol. The quantitative estimate of drug-likeness (QED) is 0.239. The van der Waals surface area contributed by atoms with Gasteiger partial charge in [-0.15, -0.1) is 0 Å². The Morgan fingerprint density at radius 3 is 2.55 bits per heavy atom. The van der Waals surface area contributed by atoms with Crippen LogP contribution >= 0.6 is 21.5 Å². The molecule has 0 fully saturated rings. The van der Waals surface area contributed by atoms with E-state index in [-0.39, 0.29) is 37.7 Å². The number of nitrogens with zero attached hydrogens (tertiary/aromatic N) is 2. The van der Waals surface area contributed by atoms with Crippen LogP contribution in [0.25, 0.3) is 27.7 Å². The van der Waals surface area contributed by atoms with Crippen molar-refractivity contribution >= 4 is 42.2 Å². The van der Waals surface area contributed by atoms with Crippen LogP contribution in [0.4, 0.5) is 4.39 Å². The molecule has 0 spiro atoms. The number of hydrogen-bond acceptors (Lipinski definition) is 6. The Hall–Kier alpha value is -3.52. The Morgan fingerprint density at radius 2 is 1.87 bits per heavy atom. The molecule has 0 saturated heterocycles. The lowest BCUT2D eigenvalue weighted by atomic mass is 10.0. The maximum Gasteiger partial charge on any atom is 0.255 e. The fourth-order valence-electron chi connectivity index (χ4n) is 4.15. The number of halogens is 2. The highest BCUT2D eigenvalue weighted by Crippen LogP contribution is 2.35. The highest BCUT2D eigenvalue weighted by Gasteiger charge is 2.21. The third-order valence-electron chi connectivity index (χ3n) is 6.00. The second-order valence-electron chi connectivity index (χ2n) is 8.38. The number of rotatable bonds is 6. The Balaban J connectivity index is 0.00000336. The minimum Gasteiger partial charge on any atom is -0.495 e. The lowest BCUT2D eigenvalue weighted by Gasteiger charge is -2.17. The summed E-state index contributed by atoms with van der Waals surface area (Å²) >= 11 is 6.12. The lowest BCUT2D eigenvalue weighted by Crippen LogP contribution is -2.18. The summed E-state index contributed by atoms with van der Waals surface area (Å²) in [5.74, 6) is -0.637. The van der Waals surface area contributed by atoms with Crippen molar-refractivity contribution in [3.05, 3.63) is 106 Å². The van der Waals surface area contributed by atoms with Gasteiger partial charge in [-0.25, -0.2) is 17.8 Å². The first-order chi connectivity index (χ1) is 17.7. The van der Waals surface area contributed by atoms with Crippen molar-refractivity contribution in [2.75, 3.05) is 7.11 Å². The maximum absolute atomic E-state index is 15.4. The average Bonchev–Trinajstić information content (AvgIpc) is 3.37. The summed E-state index contributed by atoms with van der Waals surface area (Å²) in [5, 5.41) is 1.03. The molecule has 1 unspecified atom stereocenters. The van der Waals surface area contributed by atoms with E-state index in [1.165, 1.54) is 66.6 Å². The van der Waals surface area contributed by atoms with Crippen LogP contribution in [0, 0.1) is 12.7 Å². The van der Waals surface area contributed by atoms with Crippen LogP contribution < -0.4 is 10.3 Å². The number of methoxy groups -OCH3 is 1. The van der Waals surface area contributed by atoms with Crippen LogP contribution in [0.1, 0.15) is 11.5 Å². The van der Waals surface area contributed by atoms with Gasteiger partial charge in [0.1, 0.15) is 23.6 Å². The predicted octanol–water partition coefficient (Wildman–Crippen LogP) is 5.79. The first-order valence-corrected chi connectivity index (χ1v) is 13.1. The number of hydrogen-bond donors (Lipinski definition) is 0. The summed E-state index contributed by atoms with van der Waals surface area (Å²) in [7, 11) is -2.33. The number of aryl methyl sites for hydroxylation is 1. The molecule has 0 aliphatic carbocycles. The maximum atomic E-state index is 15.4. The average molecular weight is 573 g/mol. The summed E-state index contributed by atoms with van der Waals surface area (Å²) in [5.41, 5.74) is 1.82. The van der Waals surface area contributed by atoms with Crippen LogP contribution in [-0.4, -0.2) is 25.1 Å². The Bertz CT molecular complexity index is 1820. The molecule has 38 heavy (non-hydrogen) atoms. The van der Waals surface area contributed by atoms with Gasteiger partial charge < -0.3 is 9.15 Å². The molecule has 0 bridgehead atoms. The van der Waals surface area contributed by atoms with E-state index in [1.807, 2.05) is 6.92 Å². The molecule has 2 heterocycles. The molecule has 0 amide bonds. The molecule has 0 saturated carbocycles. The Labute approximate surface area is 226 Å². The summed E-state index contributed by atoms with van der Waals surface area (Å²) in [6.07, 6.45) is 2.67. The summed E-state index contributed by atoms with van der Waals surface area (Å²) in [6.45, 7) is 1.82. The van der Waals surface area contributed by atoms with E-state index < -0.39 is 27.0 Å². The molecule has 0 N–H and O–H groups in total. The van der Waals surface area contributed by atoms with Crippen LogP contribution in [0.5, 0.6) is 5.75 Å². The topological polar surface area (TPSA) is 91.4 Å². The van der Waals surface area contributed by atoms with Gasteiger partial charge in [-0.05, 0) is 60.5 Å². The van der Waals surface area contributed by atoms with E-state index in [1.54, 1.807) is 18.2 Å². The summed E-state index contributed by atoms with van der Waals surface area (Å²) in [4.78, 5) is 16.9. The Morgan fingerprint density at radius 1 is 1.08 bits per heavy atom. The van der Waals surface area contributed by atoms with E-state index in [0.717, 1.165) is 5.56 Å². The minimum absolute atomic E-state index is 0. The number of pyridine rings is 1. The van der Waals surface area contributed by atoms with Gasteiger partial charge in [0.05, 0.1) is 29.4 Å². The molecule has 0 aliphatic heterocycles. The molecule has 0 radical (unpaired) electrons. The van der Waals surface area contributed by atoms with Gasteiger partial charge in [0, 0.05) is 28.1 Å². The zero-order valence-corrected chi connectivity index (χ0v) is 23.4. The van der Waals surface area contributed by atoms with Crippen molar-refractivity contribution in [2.24, 2.45) is 0 Å². The smallest absolute Gasteiger partial charge is 0.255 e. The first-order valence-electron chi connectivity index (χ1n) is 11.1. The van der Waals surface area contributed by atoms with Crippen molar-refractivity contribution < 1.29 is 22.0 Å². The lowest BCUT2D eigenvalue weighted by molar-refractivity contribution is 0.412. The second-order valence-corrected chi connectivity index (χ2v) is 10.8. The number of ether oxygens (including phenoxy) is 1. The van der Waals surface area contributed by atoms with Crippen LogP contribution in [0.15, 0.2) is 87.2 Å². The molecule has 2 aromatic heterocycles. The largest absolute Gasteiger partial charge is 0.495 e. The van der Waals surface area contributed by atoms with Gasteiger partial charge in [0.25, 0.3) is 5.56 Å². The van der Waals surface area contributed by atoms with Gasteiger partial charge in [0.2, 0.25) is 5.89 Å². The fraction of sp³-hybridized carbons (Fsp3) is 0.111. The molecule has 7 nitrogen and oxygen atoms in total. The molecule has 3 aromatic carbocycles. The zero-order valence-electron chi connectivity index (χ0n) is 20.4. The van der Waals surface area contributed by atoms with E-state index in [9.17, 15) is 13.2 Å². The SMILES string of the molecule is COc1cc(-c2ccc(Cl)c(C)c2)c(F)cc1-n1c(=O)ccc2cc(S(=O)(=O)Cc3ncco3)ccc21.P. The third-order valence-corrected chi connectivity index (χ3v) is 8.02. The van der Waals surface area contributed by atoms with Crippen molar-refractivity contribution in [2.45, 2.75) is 17.6 Å². The summed E-state index contributed by atoms with van der Waals surface area (Å²) in [6, 6.07) is 15.1. The number of sulfone groups is 1. The van der Waals surface area contributed by atoms with Gasteiger partial charge in [-0.1, -0.05) is 17.7 Å². The van der Waals surface area contributed by atoms with Crippen molar-refractivity contribution in [3.8, 4) is 22.6 Å². The highest BCUT2D eigenvalue weighted by molar-refractivity contribution is 7.90. The van der Waals surface area contributed by atoms with E-state index >= 15 is 4.39 Å². The van der Waals surface area contributed by atoms with E-state index in [2.05, 4.69) is 4.98 Å². The van der Waals surface area contributed by atoms with Crippen molar-refractivity contribution in [1.29, 1.82) is 0 Å². The van der Waals surface area contributed by atoms with E-state index in [4.69, 9.17) is 20.8 Å². The molecule has 5 aromatic rings. The zero-order chi connectivity index (χ0) is 26.3. The van der Waals surface area contributed by atoms with Crippen molar-refractivity contribution in [1.82, 2.24) is 9.55 Å². The number of benzene rings is 3. The first kappa shape index (κ1) is 27.5. The monoisotopic (exact) mass is 572 g/mol. The molecular formula is C27H23ClFN2O5PS. The third kappa shape index (κ3) is 5.10. The molecule has 0 aliphatic rings. The van der Waals surface area contributed by atoms with Crippen LogP contribution in [0.3, 0.4) is 0 Å². The number of fused-ring (bicyclic) bond motifs is 1. The van der Waals surface area contributed by atoms with Gasteiger partial charge in [0.15, 0.2) is 9.84 Å². The normalized spacial score (nSPS) is 11.4. The molecule has 11 heteroatoms. The highest BCUT2D eigenvalue weighted by atomic mass is 35.5. The van der Waals surface area contributed by atoms with Crippen LogP contribution in [-0.2, 0) is 15.6 Å². The number of oxazole rings is 1. The fourth-order valence-corrected chi connectivity index (χ4v) is 5.48. The molecule has 5 rings (SSSR count). The van der Waals surface area contributed by atoms with Gasteiger partial charge in [-0.3, -0.25) is 9.36 Å². The van der Waals surface area contributed by atoms with Gasteiger partial charge in [-0.2, -0.15) is 9.90 Å².